The lowest BCUT2D eigenvalue weighted by atomic mass is 9.98. The smallest absolute Gasteiger partial charge is 0.0983 e. The third kappa shape index (κ3) is 4.26. The van der Waals surface area contributed by atoms with E-state index in [1.807, 2.05) is 5.38 Å². The highest BCUT2D eigenvalue weighted by Crippen LogP contribution is 2.29. The van der Waals surface area contributed by atoms with Crippen LogP contribution in [-0.4, -0.2) is 22.8 Å². The second-order valence-corrected chi connectivity index (χ2v) is 7.27. The quantitative estimate of drug-likeness (QED) is 0.893. The number of hydrogen-bond acceptors (Lipinski definition) is 4. The molecule has 0 saturated carbocycles. The van der Waals surface area contributed by atoms with Gasteiger partial charge in [-0.1, -0.05) is 20.8 Å². The summed E-state index contributed by atoms with van der Waals surface area (Å²) in [7, 11) is 0. The zero-order valence-electron chi connectivity index (χ0n) is 12.2. The van der Waals surface area contributed by atoms with Gasteiger partial charge in [-0.15, -0.1) is 11.3 Å². The van der Waals surface area contributed by atoms with Gasteiger partial charge in [0.2, 0.25) is 0 Å². The van der Waals surface area contributed by atoms with Crippen molar-refractivity contribution in [3.05, 3.63) is 16.1 Å². The molecule has 1 aliphatic rings. The van der Waals surface area contributed by atoms with Gasteiger partial charge in [-0.05, 0) is 32.1 Å². The molecule has 0 spiro atoms. The molecule has 1 N–H and O–H groups in total. The molecule has 0 aromatic carbocycles. The monoisotopic (exact) mass is 283 g/mol. The summed E-state index contributed by atoms with van der Waals surface area (Å²) in [6.45, 7) is 7.37. The van der Waals surface area contributed by atoms with Crippen LogP contribution in [0.25, 0.3) is 0 Å². The standard InChI is InChI=1S/C15H25NO2S/c1-15(2,3)14-16-12(10-19-14)13(17)8-4-6-11-7-5-9-18-11/h10-11,13,17H,4-9H2,1-3H3. The van der Waals surface area contributed by atoms with Crippen LogP contribution in [0.15, 0.2) is 5.38 Å². The van der Waals surface area contributed by atoms with E-state index in [0.717, 1.165) is 36.6 Å². The Kier molecular flexibility index (Phi) is 4.98. The molecule has 1 aromatic heterocycles. The topological polar surface area (TPSA) is 42.4 Å². The Morgan fingerprint density at radius 1 is 1.53 bits per heavy atom. The summed E-state index contributed by atoms with van der Waals surface area (Å²) in [6.07, 6.45) is 5.23. The average molecular weight is 283 g/mol. The Balaban J connectivity index is 1.79. The highest BCUT2D eigenvalue weighted by Gasteiger charge is 2.21. The summed E-state index contributed by atoms with van der Waals surface area (Å²) in [5.41, 5.74) is 0.905. The summed E-state index contributed by atoms with van der Waals surface area (Å²) in [4.78, 5) is 4.57. The number of aliphatic hydroxyl groups excluding tert-OH is 1. The molecule has 1 aromatic rings. The predicted octanol–water partition coefficient (Wildman–Crippen LogP) is 3.82. The maximum atomic E-state index is 10.2. The van der Waals surface area contributed by atoms with E-state index in [0.29, 0.717) is 6.10 Å². The predicted molar refractivity (Wildman–Crippen MR) is 78.6 cm³/mol. The fraction of sp³-hybridized carbons (Fsp3) is 0.800. The summed E-state index contributed by atoms with van der Waals surface area (Å²) >= 11 is 1.65. The van der Waals surface area contributed by atoms with Crippen molar-refractivity contribution in [3.63, 3.8) is 0 Å². The van der Waals surface area contributed by atoms with E-state index >= 15 is 0 Å². The average Bonchev–Trinajstić information content (AvgIpc) is 2.99. The normalized spacial score (nSPS) is 21.8. The van der Waals surface area contributed by atoms with Gasteiger partial charge in [0, 0.05) is 17.4 Å². The van der Waals surface area contributed by atoms with Crippen LogP contribution in [0, 0.1) is 0 Å². The van der Waals surface area contributed by atoms with Gasteiger partial charge in [0.25, 0.3) is 0 Å². The fourth-order valence-electron chi connectivity index (χ4n) is 2.34. The van der Waals surface area contributed by atoms with Crippen LogP contribution in [0.3, 0.4) is 0 Å². The number of rotatable bonds is 5. The van der Waals surface area contributed by atoms with E-state index in [-0.39, 0.29) is 5.41 Å². The molecule has 4 heteroatoms. The number of thiazole rings is 1. The molecule has 1 aliphatic heterocycles. The van der Waals surface area contributed by atoms with Gasteiger partial charge in [-0.2, -0.15) is 0 Å². The first-order chi connectivity index (χ1) is 8.97. The van der Waals surface area contributed by atoms with E-state index in [9.17, 15) is 5.11 Å². The minimum Gasteiger partial charge on any atom is -0.387 e. The van der Waals surface area contributed by atoms with Crippen LogP contribution in [0.1, 0.15) is 69.7 Å². The van der Waals surface area contributed by atoms with Gasteiger partial charge in [0.05, 0.1) is 22.9 Å². The lowest BCUT2D eigenvalue weighted by molar-refractivity contribution is 0.0940. The van der Waals surface area contributed by atoms with E-state index < -0.39 is 6.10 Å². The van der Waals surface area contributed by atoms with Crippen molar-refractivity contribution in [2.45, 2.75) is 70.5 Å². The van der Waals surface area contributed by atoms with E-state index in [2.05, 4.69) is 25.8 Å². The first-order valence-corrected chi connectivity index (χ1v) is 8.10. The van der Waals surface area contributed by atoms with E-state index in [4.69, 9.17) is 4.74 Å². The Bertz CT molecular complexity index is 391. The molecule has 2 unspecified atom stereocenters. The zero-order chi connectivity index (χ0) is 13.9. The maximum Gasteiger partial charge on any atom is 0.0983 e. The van der Waals surface area contributed by atoms with Gasteiger partial charge in [-0.3, -0.25) is 0 Å². The van der Waals surface area contributed by atoms with Crippen LogP contribution in [-0.2, 0) is 10.2 Å². The van der Waals surface area contributed by atoms with Gasteiger partial charge < -0.3 is 9.84 Å². The van der Waals surface area contributed by atoms with Crippen LogP contribution >= 0.6 is 11.3 Å². The molecule has 0 radical (unpaired) electrons. The second kappa shape index (κ2) is 6.33. The van der Waals surface area contributed by atoms with Gasteiger partial charge in [0.1, 0.15) is 0 Å². The van der Waals surface area contributed by atoms with Crippen molar-refractivity contribution in [1.29, 1.82) is 0 Å². The van der Waals surface area contributed by atoms with Crippen molar-refractivity contribution in [2.75, 3.05) is 6.61 Å². The molecule has 0 aliphatic carbocycles. The van der Waals surface area contributed by atoms with Gasteiger partial charge in [0.15, 0.2) is 0 Å². The molecular formula is C15H25NO2S. The third-order valence-corrected chi connectivity index (χ3v) is 4.82. The Morgan fingerprint density at radius 2 is 2.32 bits per heavy atom. The summed E-state index contributed by atoms with van der Waals surface area (Å²) in [5, 5.41) is 13.3. The number of ether oxygens (including phenoxy) is 1. The Hall–Kier alpha value is -0.450. The zero-order valence-corrected chi connectivity index (χ0v) is 13.0. The molecule has 0 bridgehead atoms. The Morgan fingerprint density at radius 3 is 2.89 bits per heavy atom. The molecule has 2 heterocycles. The van der Waals surface area contributed by atoms with Crippen molar-refractivity contribution in [2.24, 2.45) is 0 Å². The SMILES string of the molecule is CC(C)(C)c1nc(C(O)CCCC2CCCO2)cs1. The lowest BCUT2D eigenvalue weighted by Crippen LogP contribution is -2.11. The number of aromatic nitrogens is 1. The van der Waals surface area contributed by atoms with Crippen molar-refractivity contribution >= 4 is 11.3 Å². The minimum absolute atomic E-state index is 0.0698. The Labute approximate surface area is 120 Å². The minimum atomic E-state index is -0.422. The molecular weight excluding hydrogens is 258 g/mol. The van der Waals surface area contributed by atoms with Crippen molar-refractivity contribution < 1.29 is 9.84 Å². The van der Waals surface area contributed by atoms with Crippen LogP contribution in [0.2, 0.25) is 0 Å². The molecule has 2 atom stereocenters. The largest absolute Gasteiger partial charge is 0.387 e. The third-order valence-electron chi connectivity index (χ3n) is 3.53. The second-order valence-electron chi connectivity index (χ2n) is 6.41. The number of nitrogens with zero attached hydrogens (tertiary/aromatic N) is 1. The van der Waals surface area contributed by atoms with Gasteiger partial charge in [-0.25, -0.2) is 4.98 Å². The fourth-order valence-corrected chi connectivity index (χ4v) is 3.30. The highest BCUT2D eigenvalue weighted by molar-refractivity contribution is 7.09. The summed E-state index contributed by atoms with van der Waals surface area (Å²) in [6, 6.07) is 0. The molecule has 19 heavy (non-hydrogen) atoms. The van der Waals surface area contributed by atoms with E-state index in [1.54, 1.807) is 11.3 Å². The van der Waals surface area contributed by atoms with Crippen LogP contribution in [0.5, 0.6) is 0 Å². The maximum absolute atomic E-state index is 10.2. The molecule has 0 amide bonds. The molecule has 2 rings (SSSR count). The lowest BCUT2D eigenvalue weighted by Gasteiger charge is -2.14. The first kappa shape index (κ1) is 14.9. The summed E-state index contributed by atoms with van der Waals surface area (Å²) < 4.78 is 5.59. The molecule has 1 fully saturated rings. The number of hydrogen-bond donors (Lipinski definition) is 1. The summed E-state index contributed by atoms with van der Waals surface area (Å²) in [5.74, 6) is 0. The molecule has 108 valence electrons. The molecule has 3 nitrogen and oxygen atoms in total. The van der Waals surface area contributed by atoms with Crippen molar-refractivity contribution in [1.82, 2.24) is 4.98 Å². The number of aliphatic hydroxyl groups is 1. The highest BCUT2D eigenvalue weighted by atomic mass is 32.1. The molecule has 1 saturated heterocycles. The van der Waals surface area contributed by atoms with Crippen LogP contribution in [0.4, 0.5) is 0 Å². The van der Waals surface area contributed by atoms with E-state index in [1.165, 1.54) is 12.8 Å². The first-order valence-electron chi connectivity index (χ1n) is 7.22. The van der Waals surface area contributed by atoms with Crippen molar-refractivity contribution in [3.8, 4) is 0 Å². The van der Waals surface area contributed by atoms with Crippen LogP contribution < -0.4 is 0 Å². The van der Waals surface area contributed by atoms with Gasteiger partial charge >= 0.3 is 0 Å².